The molecule has 0 aliphatic heterocycles. The van der Waals surface area contributed by atoms with E-state index in [9.17, 15) is 4.57 Å². The Hall–Kier alpha value is -6.48. The average Bonchev–Trinajstić information content (AvgIpc) is 3.23. The van der Waals surface area contributed by atoms with Crippen LogP contribution in [0.15, 0.2) is 182 Å². The van der Waals surface area contributed by atoms with Gasteiger partial charge in [-0.2, -0.15) is 0 Å². The molecule has 0 aliphatic carbocycles. The van der Waals surface area contributed by atoms with E-state index in [-0.39, 0.29) is 0 Å². The zero-order valence-electron chi connectivity index (χ0n) is 30.0. The fourth-order valence-electron chi connectivity index (χ4n) is 7.33. The summed E-state index contributed by atoms with van der Waals surface area (Å²) in [5.74, 6) is 1.90. The first-order chi connectivity index (χ1) is 26.4. The summed E-state index contributed by atoms with van der Waals surface area (Å²) >= 11 is 0. The Morgan fingerprint density at radius 1 is 0.333 bits per heavy atom. The summed E-state index contributed by atoms with van der Waals surface area (Å²) in [6.45, 7) is 3.66. The third-order valence-electron chi connectivity index (χ3n) is 10.0. The van der Waals surface area contributed by atoms with Crippen molar-refractivity contribution in [3.63, 3.8) is 0 Å². The lowest BCUT2D eigenvalue weighted by Crippen LogP contribution is -2.02. The van der Waals surface area contributed by atoms with Gasteiger partial charge in [-0.1, -0.05) is 170 Å². The van der Waals surface area contributed by atoms with Crippen LogP contribution in [0.1, 0.15) is 0 Å². The summed E-state index contributed by atoms with van der Waals surface area (Å²) in [5, 5.41) is 5.57. The molecule has 0 saturated heterocycles. The minimum atomic E-state index is -2.43. The highest BCUT2D eigenvalue weighted by atomic mass is 31.2. The molecule has 0 N–H and O–H groups in total. The normalized spacial score (nSPS) is 11.6. The first kappa shape index (κ1) is 33.4. The second-order valence-corrected chi connectivity index (χ2v) is 17.2. The lowest BCUT2D eigenvalue weighted by molar-refractivity contribution is 0.588. The summed E-state index contributed by atoms with van der Waals surface area (Å²) in [5.41, 5.74) is 9.57. The van der Waals surface area contributed by atoms with Gasteiger partial charge in [-0.25, -0.2) is 15.0 Å². The molecule has 0 radical (unpaired) electrons. The molecular formula is C49H36N3OP. The molecular weight excluding hydrogens is 678 g/mol. The Balaban J connectivity index is 1.23. The average molecular weight is 714 g/mol. The van der Waals surface area contributed by atoms with E-state index in [0.717, 1.165) is 55.0 Å². The van der Waals surface area contributed by atoms with Crippen LogP contribution in [-0.2, 0) is 4.57 Å². The predicted octanol–water partition coefficient (Wildman–Crippen LogP) is 12.4. The Bertz CT molecular complexity index is 2790. The van der Waals surface area contributed by atoms with Gasteiger partial charge in [-0.05, 0) is 80.4 Å². The summed E-state index contributed by atoms with van der Waals surface area (Å²) < 4.78 is 13.1. The van der Waals surface area contributed by atoms with Crippen LogP contribution in [0, 0.1) is 0 Å². The second kappa shape index (κ2) is 13.8. The number of nitrogens with zero attached hydrogens (tertiary/aromatic N) is 3. The van der Waals surface area contributed by atoms with E-state index in [1.807, 2.05) is 86.1 Å². The minimum absolute atomic E-state index is 0.624. The van der Waals surface area contributed by atoms with Gasteiger partial charge in [0.15, 0.2) is 17.5 Å². The zero-order chi connectivity index (χ0) is 36.6. The van der Waals surface area contributed by atoms with Gasteiger partial charge in [-0.15, -0.1) is 0 Å². The maximum atomic E-state index is 13.1. The van der Waals surface area contributed by atoms with Crippen LogP contribution in [-0.4, -0.2) is 28.3 Å². The van der Waals surface area contributed by atoms with Crippen LogP contribution in [0.2, 0.25) is 0 Å². The Kier molecular flexibility index (Phi) is 8.54. The van der Waals surface area contributed by atoms with Gasteiger partial charge in [0.2, 0.25) is 0 Å². The molecule has 1 heterocycles. The third-order valence-corrected chi connectivity index (χ3v) is 11.5. The van der Waals surface area contributed by atoms with Crippen molar-refractivity contribution in [2.24, 2.45) is 0 Å². The quantitative estimate of drug-likeness (QED) is 0.122. The molecule has 5 heteroatoms. The topological polar surface area (TPSA) is 55.7 Å². The standard InChI is InChI=1S/C49H36N3OP/c1-54(2,53)40-22-14-21-38(31-40)39-29-30-43-44(32-39)46(33-15-6-3-7-16-33)42-24-13-12-23-41(42)45(43)34-25-27-37(28-26-34)49-51-47(35-17-8-4-9-18-35)50-48(52-49)36-19-10-5-11-20-36/h3-32H,1-2H3. The molecule has 0 aliphatic rings. The van der Waals surface area contributed by atoms with Crippen LogP contribution in [0.3, 0.4) is 0 Å². The van der Waals surface area contributed by atoms with Crippen molar-refractivity contribution in [3.05, 3.63) is 182 Å². The van der Waals surface area contributed by atoms with Crippen molar-refractivity contribution in [1.29, 1.82) is 0 Å². The Labute approximate surface area is 315 Å². The van der Waals surface area contributed by atoms with Crippen molar-refractivity contribution >= 4 is 34.0 Å². The van der Waals surface area contributed by atoms with Gasteiger partial charge < -0.3 is 4.57 Å². The fourth-order valence-corrected chi connectivity index (χ4v) is 8.22. The van der Waals surface area contributed by atoms with Crippen LogP contribution in [0.25, 0.3) is 89.1 Å². The van der Waals surface area contributed by atoms with Gasteiger partial charge in [0.05, 0.1) is 0 Å². The van der Waals surface area contributed by atoms with E-state index >= 15 is 0 Å². The molecule has 1 aromatic heterocycles. The van der Waals surface area contributed by atoms with Crippen LogP contribution >= 0.6 is 7.14 Å². The van der Waals surface area contributed by atoms with Crippen LogP contribution in [0.4, 0.5) is 0 Å². The second-order valence-electron chi connectivity index (χ2n) is 13.9. The first-order valence-electron chi connectivity index (χ1n) is 18.1. The number of fused-ring (bicyclic) bond motifs is 2. The molecule has 54 heavy (non-hydrogen) atoms. The van der Waals surface area contributed by atoms with Gasteiger partial charge >= 0.3 is 0 Å². The molecule has 0 amide bonds. The van der Waals surface area contributed by atoms with E-state index in [2.05, 4.69) is 109 Å². The van der Waals surface area contributed by atoms with E-state index in [1.54, 1.807) is 0 Å². The molecule has 0 atom stereocenters. The number of benzene rings is 8. The Morgan fingerprint density at radius 3 is 1.24 bits per heavy atom. The maximum absolute atomic E-state index is 13.1. The van der Waals surface area contributed by atoms with Crippen molar-refractivity contribution in [1.82, 2.24) is 15.0 Å². The smallest absolute Gasteiger partial charge is 0.164 e. The summed E-state index contributed by atoms with van der Waals surface area (Å²) in [6.07, 6.45) is 0. The SMILES string of the molecule is CP(C)(=O)c1cccc(-c2ccc3c(-c4ccc(-c5nc(-c6ccccc6)nc(-c6ccccc6)n5)cc4)c4ccccc4c(-c4ccccc4)c3c2)c1. The van der Waals surface area contributed by atoms with E-state index in [0.29, 0.717) is 17.5 Å². The summed E-state index contributed by atoms with van der Waals surface area (Å²) in [4.78, 5) is 14.8. The van der Waals surface area contributed by atoms with Gasteiger partial charge in [0.25, 0.3) is 0 Å². The van der Waals surface area contributed by atoms with Gasteiger partial charge in [0, 0.05) is 22.0 Å². The Morgan fingerprint density at radius 2 is 0.704 bits per heavy atom. The third kappa shape index (κ3) is 6.32. The lowest BCUT2D eigenvalue weighted by Gasteiger charge is -2.19. The number of hydrogen-bond donors (Lipinski definition) is 0. The molecule has 0 unspecified atom stereocenters. The van der Waals surface area contributed by atoms with Crippen molar-refractivity contribution in [2.45, 2.75) is 0 Å². The van der Waals surface area contributed by atoms with Crippen molar-refractivity contribution < 1.29 is 4.57 Å². The summed E-state index contributed by atoms with van der Waals surface area (Å²) in [6, 6.07) is 63.0. The van der Waals surface area contributed by atoms with Crippen molar-refractivity contribution in [3.8, 4) is 67.5 Å². The first-order valence-corrected chi connectivity index (χ1v) is 20.7. The van der Waals surface area contributed by atoms with Gasteiger partial charge in [0.1, 0.15) is 7.14 Å². The lowest BCUT2D eigenvalue weighted by atomic mass is 9.84. The molecule has 9 aromatic rings. The minimum Gasteiger partial charge on any atom is -0.319 e. The molecule has 258 valence electrons. The molecule has 9 rings (SSSR count). The van der Waals surface area contributed by atoms with Crippen LogP contribution in [0.5, 0.6) is 0 Å². The predicted molar refractivity (Wildman–Crippen MR) is 227 cm³/mol. The summed E-state index contributed by atoms with van der Waals surface area (Å²) in [7, 11) is -2.43. The fraction of sp³-hybridized carbons (Fsp3) is 0.0408. The number of rotatable bonds is 7. The zero-order valence-corrected chi connectivity index (χ0v) is 30.9. The van der Waals surface area contributed by atoms with E-state index in [1.165, 1.54) is 21.9 Å². The monoisotopic (exact) mass is 713 g/mol. The highest BCUT2D eigenvalue weighted by Crippen LogP contribution is 2.45. The largest absolute Gasteiger partial charge is 0.319 e. The molecule has 4 nitrogen and oxygen atoms in total. The molecule has 8 aromatic carbocycles. The van der Waals surface area contributed by atoms with Crippen LogP contribution < -0.4 is 5.30 Å². The molecule has 0 fully saturated rings. The maximum Gasteiger partial charge on any atom is 0.164 e. The number of hydrogen-bond acceptors (Lipinski definition) is 4. The molecule has 0 bridgehead atoms. The number of aromatic nitrogens is 3. The highest BCUT2D eigenvalue weighted by molar-refractivity contribution is 7.70. The van der Waals surface area contributed by atoms with E-state index in [4.69, 9.17) is 15.0 Å². The molecule has 0 spiro atoms. The van der Waals surface area contributed by atoms with Gasteiger partial charge in [-0.3, -0.25) is 0 Å². The van der Waals surface area contributed by atoms with Crippen molar-refractivity contribution in [2.75, 3.05) is 13.3 Å². The highest BCUT2D eigenvalue weighted by Gasteiger charge is 2.19. The van der Waals surface area contributed by atoms with E-state index < -0.39 is 7.14 Å². The molecule has 0 saturated carbocycles.